The predicted octanol–water partition coefficient (Wildman–Crippen LogP) is 2.81. The maximum Gasteiger partial charge on any atom is 0.222 e. The summed E-state index contributed by atoms with van der Waals surface area (Å²) in [7, 11) is 3.33. The minimum atomic E-state index is -0.434. The maximum atomic E-state index is 13.1. The summed E-state index contributed by atoms with van der Waals surface area (Å²) in [6.45, 7) is 3.03. The summed E-state index contributed by atoms with van der Waals surface area (Å²) in [5, 5.41) is 6.38. The third-order valence-electron chi connectivity index (χ3n) is 4.66. The van der Waals surface area contributed by atoms with Gasteiger partial charge in [-0.3, -0.25) is 9.79 Å². The summed E-state index contributed by atoms with van der Waals surface area (Å²) in [4.78, 5) is 16.0. The molecular formula is C22H30FIN4O2. The van der Waals surface area contributed by atoms with Crippen LogP contribution >= 0.6 is 24.0 Å². The number of methoxy groups -OCH3 is 1. The van der Waals surface area contributed by atoms with E-state index < -0.39 is 11.8 Å². The summed E-state index contributed by atoms with van der Waals surface area (Å²) in [6, 6.07) is 12.2. The molecule has 0 bridgehead atoms. The van der Waals surface area contributed by atoms with E-state index in [4.69, 9.17) is 10.5 Å². The van der Waals surface area contributed by atoms with Gasteiger partial charge in [0.05, 0.1) is 13.0 Å². The zero-order valence-corrected chi connectivity index (χ0v) is 19.9. The van der Waals surface area contributed by atoms with Gasteiger partial charge in [-0.15, -0.1) is 24.0 Å². The molecule has 8 heteroatoms. The molecular weight excluding hydrogens is 498 g/mol. The second-order valence-electron chi connectivity index (χ2n) is 6.88. The number of hydrogen-bond donors (Lipinski definition) is 3. The molecule has 0 aliphatic rings. The van der Waals surface area contributed by atoms with Crippen LogP contribution in [0.4, 0.5) is 4.39 Å². The molecule has 2 rings (SSSR count). The Labute approximate surface area is 194 Å². The number of halogens is 2. The summed E-state index contributed by atoms with van der Waals surface area (Å²) in [5.41, 5.74) is 8.68. The van der Waals surface area contributed by atoms with Crippen LogP contribution in [0, 0.1) is 18.7 Å². The number of guanidine groups is 1. The average molecular weight is 528 g/mol. The number of carbonyl (C=O) groups excluding carboxylic acids is 1. The lowest BCUT2D eigenvalue weighted by Crippen LogP contribution is -2.43. The van der Waals surface area contributed by atoms with E-state index in [2.05, 4.69) is 21.7 Å². The van der Waals surface area contributed by atoms with Crippen LogP contribution in [0.3, 0.4) is 0 Å². The molecule has 1 amide bonds. The molecule has 0 spiro atoms. The van der Waals surface area contributed by atoms with Crippen LogP contribution in [-0.2, 0) is 17.6 Å². The van der Waals surface area contributed by atoms with Crippen molar-refractivity contribution in [2.75, 3.05) is 27.2 Å². The largest absolute Gasteiger partial charge is 0.496 e. The first-order chi connectivity index (χ1) is 13.9. The van der Waals surface area contributed by atoms with Crippen molar-refractivity contribution >= 4 is 35.8 Å². The first-order valence-electron chi connectivity index (χ1n) is 9.54. The monoisotopic (exact) mass is 528 g/mol. The Morgan fingerprint density at radius 1 is 1.20 bits per heavy atom. The van der Waals surface area contributed by atoms with Crippen LogP contribution in [0.25, 0.3) is 0 Å². The number of aryl methyl sites for hydroxylation is 1. The van der Waals surface area contributed by atoms with Gasteiger partial charge in [-0.25, -0.2) is 4.39 Å². The van der Waals surface area contributed by atoms with Crippen molar-refractivity contribution in [3.63, 3.8) is 0 Å². The third kappa shape index (κ3) is 8.17. The Morgan fingerprint density at radius 3 is 2.50 bits per heavy atom. The predicted molar refractivity (Wildman–Crippen MR) is 129 cm³/mol. The molecule has 0 heterocycles. The number of ether oxygens (including phenoxy) is 1. The normalized spacial score (nSPS) is 11.9. The SMILES string of the molecule is CN=C(NCCc1cc(C)ccc1OC)NCC(Cc1ccc(F)cc1)C(N)=O.I. The molecule has 0 aliphatic carbocycles. The van der Waals surface area contributed by atoms with Crippen molar-refractivity contribution in [3.05, 3.63) is 65.0 Å². The topological polar surface area (TPSA) is 88.7 Å². The quantitative estimate of drug-likeness (QED) is 0.266. The van der Waals surface area contributed by atoms with Gasteiger partial charge < -0.3 is 21.1 Å². The molecule has 0 aliphatic heterocycles. The second-order valence-corrected chi connectivity index (χ2v) is 6.88. The van der Waals surface area contributed by atoms with Crippen molar-refractivity contribution in [3.8, 4) is 5.75 Å². The van der Waals surface area contributed by atoms with Crippen LogP contribution in [0.15, 0.2) is 47.5 Å². The fourth-order valence-electron chi connectivity index (χ4n) is 3.04. The number of benzene rings is 2. The number of nitrogens with zero attached hydrogens (tertiary/aromatic N) is 1. The van der Waals surface area contributed by atoms with Crippen molar-refractivity contribution in [1.29, 1.82) is 0 Å². The van der Waals surface area contributed by atoms with Gasteiger partial charge in [0.25, 0.3) is 0 Å². The Bertz CT molecular complexity index is 844. The van der Waals surface area contributed by atoms with Crippen molar-refractivity contribution in [2.24, 2.45) is 16.6 Å². The zero-order chi connectivity index (χ0) is 21.2. The lowest BCUT2D eigenvalue weighted by molar-refractivity contribution is -0.121. The Kier molecular flexibility index (Phi) is 11.2. The standard InChI is InChI=1S/C22H29FN4O2.HI/c1-15-4-9-20(29-3)17(12-15)10-11-26-22(25-2)27-14-18(21(24)28)13-16-5-7-19(23)8-6-16;/h4-9,12,18H,10-11,13-14H2,1-3H3,(H2,24,28)(H2,25,26,27);1H. The first-order valence-corrected chi connectivity index (χ1v) is 9.54. The van der Waals surface area contributed by atoms with Crippen molar-refractivity contribution < 1.29 is 13.9 Å². The number of nitrogens with two attached hydrogens (primary N) is 1. The molecule has 2 aromatic carbocycles. The highest BCUT2D eigenvalue weighted by molar-refractivity contribution is 14.0. The molecule has 1 unspecified atom stereocenters. The minimum absolute atomic E-state index is 0. The third-order valence-corrected chi connectivity index (χ3v) is 4.66. The molecule has 1 atom stereocenters. The van der Waals surface area contributed by atoms with Crippen LogP contribution in [0.2, 0.25) is 0 Å². The number of hydrogen-bond acceptors (Lipinski definition) is 3. The Hall–Kier alpha value is -2.36. The highest BCUT2D eigenvalue weighted by Crippen LogP contribution is 2.19. The van der Waals surface area contributed by atoms with Crippen LogP contribution < -0.4 is 21.1 Å². The van der Waals surface area contributed by atoms with E-state index in [9.17, 15) is 9.18 Å². The Morgan fingerprint density at radius 2 is 1.90 bits per heavy atom. The number of rotatable bonds is 9. The van der Waals surface area contributed by atoms with E-state index in [0.717, 1.165) is 23.3 Å². The van der Waals surface area contributed by atoms with Crippen LogP contribution in [-0.4, -0.2) is 39.1 Å². The average Bonchev–Trinajstić information content (AvgIpc) is 2.70. The molecule has 4 N–H and O–H groups in total. The van der Waals surface area contributed by atoms with Gasteiger partial charge in [0, 0.05) is 20.1 Å². The minimum Gasteiger partial charge on any atom is -0.496 e. The van der Waals surface area contributed by atoms with Crippen LogP contribution in [0.5, 0.6) is 5.75 Å². The zero-order valence-electron chi connectivity index (χ0n) is 17.6. The number of primary amides is 1. The van der Waals surface area contributed by atoms with E-state index in [0.29, 0.717) is 25.5 Å². The maximum absolute atomic E-state index is 13.1. The highest BCUT2D eigenvalue weighted by Gasteiger charge is 2.17. The molecule has 0 aromatic heterocycles. The van der Waals surface area contributed by atoms with Gasteiger partial charge in [0.1, 0.15) is 11.6 Å². The molecule has 0 fully saturated rings. The first kappa shape index (κ1) is 25.7. The molecule has 0 saturated carbocycles. The van der Waals surface area contributed by atoms with Gasteiger partial charge in [0.2, 0.25) is 5.91 Å². The molecule has 30 heavy (non-hydrogen) atoms. The smallest absolute Gasteiger partial charge is 0.222 e. The lowest BCUT2D eigenvalue weighted by Gasteiger charge is -2.17. The van der Waals surface area contributed by atoms with Gasteiger partial charge in [-0.2, -0.15) is 0 Å². The van der Waals surface area contributed by atoms with Gasteiger partial charge in [0.15, 0.2) is 5.96 Å². The van der Waals surface area contributed by atoms with E-state index in [1.54, 1.807) is 26.3 Å². The highest BCUT2D eigenvalue weighted by atomic mass is 127. The number of aliphatic imine (C=N–C) groups is 1. The van der Waals surface area contributed by atoms with E-state index in [1.165, 1.54) is 17.7 Å². The fourth-order valence-corrected chi connectivity index (χ4v) is 3.04. The van der Waals surface area contributed by atoms with Gasteiger partial charge >= 0.3 is 0 Å². The van der Waals surface area contributed by atoms with Gasteiger partial charge in [-0.1, -0.05) is 29.8 Å². The van der Waals surface area contributed by atoms with E-state index in [-0.39, 0.29) is 29.8 Å². The van der Waals surface area contributed by atoms with E-state index in [1.807, 2.05) is 19.1 Å². The van der Waals surface area contributed by atoms with Crippen molar-refractivity contribution in [2.45, 2.75) is 19.8 Å². The summed E-state index contributed by atoms with van der Waals surface area (Å²) >= 11 is 0. The molecule has 0 saturated heterocycles. The second kappa shape index (κ2) is 13.0. The summed E-state index contributed by atoms with van der Waals surface area (Å²) < 4.78 is 18.5. The van der Waals surface area contributed by atoms with Crippen LogP contribution in [0.1, 0.15) is 16.7 Å². The molecule has 0 radical (unpaired) electrons. The molecule has 6 nitrogen and oxygen atoms in total. The van der Waals surface area contributed by atoms with Gasteiger partial charge in [-0.05, 0) is 49.1 Å². The van der Waals surface area contributed by atoms with E-state index >= 15 is 0 Å². The number of amides is 1. The number of carbonyl (C=O) groups is 1. The fraction of sp³-hybridized carbons (Fsp3) is 0.364. The molecule has 164 valence electrons. The number of nitrogens with one attached hydrogen (secondary N) is 2. The Balaban J connectivity index is 0.00000450. The lowest BCUT2D eigenvalue weighted by atomic mass is 9.98. The summed E-state index contributed by atoms with van der Waals surface area (Å²) in [6.07, 6.45) is 1.19. The molecule has 2 aromatic rings. The van der Waals surface area contributed by atoms with Crippen molar-refractivity contribution in [1.82, 2.24) is 10.6 Å². The summed E-state index contributed by atoms with van der Waals surface area (Å²) in [5.74, 6) is 0.283.